The van der Waals surface area contributed by atoms with Crippen molar-refractivity contribution in [2.24, 2.45) is 5.10 Å². The van der Waals surface area contributed by atoms with Gasteiger partial charge in [-0.1, -0.05) is 6.07 Å². The van der Waals surface area contributed by atoms with Crippen LogP contribution in [0.4, 0.5) is 0 Å². The second kappa shape index (κ2) is 2.93. The van der Waals surface area contributed by atoms with E-state index < -0.39 is 0 Å². The first-order chi connectivity index (χ1) is 5.88. The van der Waals surface area contributed by atoms with Crippen molar-refractivity contribution in [3.8, 4) is 0 Å². The number of hydrogen-bond donors (Lipinski definition) is 0. The highest BCUT2D eigenvalue weighted by molar-refractivity contribution is 5.60. The first-order valence-corrected chi connectivity index (χ1v) is 4.04. The molecule has 0 saturated heterocycles. The monoisotopic (exact) mass is 161 g/mol. The van der Waals surface area contributed by atoms with Crippen molar-refractivity contribution in [1.29, 1.82) is 0 Å². The van der Waals surface area contributed by atoms with E-state index in [2.05, 4.69) is 10.1 Å². The maximum Gasteiger partial charge on any atom is 0.0937 e. The Morgan fingerprint density at radius 3 is 3.00 bits per heavy atom. The fraction of sp³-hybridized carbons (Fsp3) is 0.333. The Morgan fingerprint density at radius 1 is 1.50 bits per heavy atom. The molecule has 1 aliphatic rings. The molecule has 3 heteroatoms. The third-order valence-corrected chi connectivity index (χ3v) is 2.07. The highest BCUT2D eigenvalue weighted by Crippen LogP contribution is 2.23. The molecule has 0 N–H and O–H groups in total. The molecule has 0 aliphatic carbocycles. The maximum absolute atomic E-state index is 4.29. The van der Waals surface area contributed by atoms with Crippen molar-refractivity contribution < 1.29 is 0 Å². The van der Waals surface area contributed by atoms with E-state index >= 15 is 0 Å². The molecule has 0 radical (unpaired) electrons. The van der Waals surface area contributed by atoms with E-state index in [1.165, 1.54) is 0 Å². The van der Waals surface area contributed by atoms with Gasteiger partial charge in [-0.2, -0.15) is 5.10 Å². The molecule has 0 fully saturated rings. The van der Waals surface area contributed by atoms with Crippen LogP contribution in [0.3, 0.4) is 0 Å². The van der Waals surface area contributed by atoms with Crippen molar-refractivity contribution >= 4 is 6.21 Å². The maximum atomic E-state index is 4.29. The lowest BCUT2D eigenvalue weighted by Crippen LogP contribution is -2.14. The summed E-state index contributed by atoms with van der Waals surface area (Å²) in [5, 5.41) is 6.11. The second-order valence-electron chi connectivity index (χ2n) is 2.88. The van der Waals surface area contributed by atoms with E-state index in [4.69, 9.17) is 0 Å². The van der Waals surface area contributed by atoms with Crippen molar-refractivity contribution in [3.63, 3.8) is 0 Å². The molecule has 0 aromatic carbocycles. The molecular weight excluding hydrogens is 150 g/mol. The molecule has 1 aliphatic heterocycles. The smallest absolute Gasteiger partial charge is 0.0937 e. The number of hydrazone groups is 1. The summed E-state index contributed by atoms with van der Waals surface area (Å²) in [6, 6.07) is 6.31. The Kier molecular flexibility index (Phi) is 1.78. The molecule has 1 unspecified atom stereocenters. The zero-order valence-corrected chi connectivity index (χ0v) is 7.01. The lowest BCUT2D eigenvalue weighted by atomic mass is 10.1. The van der Waals surface area contributed by atoms with E-state index in [1.807, 2.05) is 42.7 Å². The Labute approximate surface area is 71.7 Å². The molecule has 62 valence electrons. The summed E-state index contributed by atoms with van der Waals surface area (Å²) in [4.78, 5) is 4.29. The zero-order valence-electron chi connectivity index (χ0n) is 7.01. The van der Waals surface area contributed by atoms with Gasteiger partial charge in [0.05, 0.1) is 11.7 Å². The minimum absolute atomic E-state index is 0.339. The van der Waals surface area contributed by atoms with Crippen molar-refractivity contribution in [2.75, 3.05) is 7.05 Å². The summed E-state index contributed by atoms with van der Waals surface area (Å²) >= 11 is 0. The number of nitrogens with zero attached hydrogens (tertiary/aromatic N) is 3. The fourth-order valence-electron chi connectivity index (χ4n) is 1.39. The molecule has 2 heterocycles. The number of hydrogen-bond acceptors (Lipinski definition) is 3. The van der Waals surface area contributed by atoms with E-state index in [-0.39, 0.29) is 0 Å². The molecule has 0 bridgehead atoms. The van der Waals surface area contributed by atoms with Gasteiger partial charge in [-0.25, -0.2) is 0 Å². The van der Waals surface area contributed by atoms with Crippen LogP contribution in [0, 0.1) is 0 Å². The van der Waals surface area contributed by atoms with Gasteiger partial charge in [0.2, 0.25) is 0 Å². The summed E-state index contributed by atoms with van der Waals surface area (Å²) < 4.78 is 0. The van der Waals surface area contributed by atoms with Crippen LogP contribution in [-0.4, -0.2) is 23.3 Å². The van der Waals surface area contributed by atoms with Crippen LogP contribution in [0.2, 0.25) is 0 Å². The minimum Gasteiger partial charge on any atom is -0.291 e. The van der Waals surface area contributed by atoms with Crippen molar-refractivity contribution in [3.05, 3.63) is 30.1 Å². The molecule has 0 saturated carbocycles. The molecule has 1 atom stereocenters. The van der Waals surface area contributed by atoms with Gasteiger partial charge < -0.3 is 0 Å². The molecule has 2 rings (SSSR count). The van der Waals surface area contributed by atoms with Gasteiger partial charge in [-0.15, -0.1) is 0 Å². The quantitative estimate of drug-likeness (QED) is 0.623. The van der Waals surface area contributed by atoms with E-state index in [0.29, 0.717) is 6.04 Å². The van der Waals surface area contributed by atoms with Gasteiger partial charge in [0.25, 0.3) is 0 Å². The second-order valence-corrected chi connectivity index (χ2v) is 2.88. The topological polar surface area (TPSA) is 28.5 Å². The van der Waals surface area contributed by atoms with Crippen molar-refractivity contribution in [1.82, 2.24) is 9.99 Å². The highest BCUT2D eigenvalue weighted by atomic mass is 15.5. The molecule has 1 aromatic heterocycles. The van der Waals surface area contributed by atoms with Gasteiger partial charge in [-0.3, -0.25) is 9.99 Å². The van der Waals surface area contributed by atoms with Crippen LogP contribution < -0.4 is 0 Å². The van der Waals surface area contributed by atoms with E-state index in [1.54, 1.807) is 0 Å². The summed E-state index contributed by atoms with van der Waals surface area (Å²) in [6.07, 6.45) is 4.72. The first-order valence-electron chi connectivity index (χ1n) is 4.04. The standard InChI is InChI=1S/C9H11N3/c1-12-9(5-7-11-12)8-4-2-3-6-10-8/h2-4,6-7,9H,5H2,1H3. The van der Waals surface area contributed by atoms with Crippen molar-refractivity contribution in [2.45, 2.75) is 12.5 Å². The predicted octanol–water partition coefficient (Wildman–Crippen LogP) is 1.44. The summed E-state index contributed by atoms with van der Waals surface area (Å²) in [5.41, 5.74) is 1.09. The lowest BCUT2D eigenvalue weighted by Gasteiger charge is -2.17. The summed E-state index contributed by atoms with van der Waals surface area (Å²) in [6.45, 7) is 0. The van der Waals surface area contributed by atoms with Gasteiger partial charge in [0, 0.05) is 25.9 Å². The average Bonchev–Trinajstić information content (AvgIpc) is 2.53. The van der Waals surface area contributed by atoms with Crippen LogP contribution in [0.15, 0.2) is 29.5 Å². The normalized spacial score (nSPS) is 21.8. The number of aromatic nitrogens is 1. The third-order valence-electron chi connectivity index (χ3n) is 2.07. The average molecular weight is 161 g/mol. The minimum atomic E-state index is 0.339. The fourth-order valence-corrected chi connectivity index (χ4v) is 1.39. The highest BCUT2D eigenvalue weighted by Gasteiger charge is 2.19. The van der Waals surface area contributed by atoms with E-state index in [9.17, 15) is 0 Å². The van der Waals surface area contributed by atoms with Crippen LogP contribution in [-0.2, 0) is 0 Å². The first kappa shape index (κ1) is 7.28. The van der Waals surface area contributed by atoms with Gasteiger partial charge in [-0.05, 0) is 12.1 Å². The van der Waals surface area contributed by atoms with E-state index in [0.717, 1.165) is 12.1 Å². The van der Waals surface area contributed by atoms with Gasteiger partial charge in [0.15, 0.2) is 0 Å². The Balaban J connectivity index is 2.22. The molecule has 12 heavy (non-hydrogen) atoms. The van der Waals surface area contributed by atoms with Gasteiger partial charge >= 0.3 is 0 Å². The van der Waals surface area contributed by atoms with Crippen LogP contribution in [0.1, 0.15) is 18.2 Å². The third kappa shape index (κ3) is 1.18. The largest absolute Gasteiger partial charge is 0.291 e. The van der Waals surface area contributed by atoms with Gasteiger partial charge in [0.1, 0.15) is 0 Å². The van der Waals surface area contributed by atoms with Crippen LogP contribution in [0.25, 0.3) is 0 Å². The Hall–Kier alpha value is -1.38. The Morgan fingerprint density at radius 2 is 2.42 bits per heavy atom. The predicted molar refractivity (Wildman–Crippen MR) is 47.9 cm³/mol. The zero-order chi connectivity index (χ0) is 8.39. The SMILES string of the molecule is CN1N=CCC1c1ccccn1. The lowest BCUT2D eigenvalue weighted by molar-refractivity contribution is 0.284. The molecule has 3 nitrogen and oxygen atoms in total. The summed E-state index contributed by atoms with van der Waals surface area (Å²) in [5.74, 6) is 0. The molecule has 1 aromatic rings. The van der Waals surface area contributed by atoms with Crippen LogP contribution in [0.5, 0.6) is 0 Å². The summed E-state index contributed by atoms with van der Waals surface area (Å²) in [7, 11) is 1.98. The number of rotatable bonds is 1. The molecule has 0 spiro atoms. The van der Waals surface area contributed by atoms with Crippen LogP contribution >= 0.6 is 0 Å². The Bertz CT molecular complexity index is 281. The molecule has 0 amide bonds. The number of pyridine rings is 1. The molecular formula is C9H11N3.